The van der Waals surface area contributed by atoms with E-state index in [1.54, 1.807) is 0 Å². The van der Waals surface area contributed by atoms with Crippen LogP contribution in [0.2, 0.25) is 0 Å². The molecule has 25 heavy (non-hydrogen) atoms. The van der Waals surface area contributed by atoms with Crippen LogP contribution in [0.5, 0.6) is 0 Å². The van der Waals surface area contributed by atoms with Crippen molar-refractivity contribution in [2.24, 2.45) is 5.41 Å². The molecule has 0 radical (unpaired) electrons. The molecule has 134 valence electrons. The van der Waals surface area contributed by atoms with Gasteiger partial charge in [-0.3, -0.25) is 14.4 Å². The Bertz CT molecular complexity index is 838. The van der Waals surface area contributed by atoms with Crippen LogP contribution in [-0.4, -0.2) is 44.7 Å². The fourth-order valence-corrected chi connectivity index (χ4v) is 3.84. The van der Waals surface area contributed by atoms with Gasteiger partial charge < -0.3 is 15.0 Å². The van der Waals surface area contributed by atoms with Gasteiger partial charge in [0.1, 0.15) is 11.1 Å². The van der Waals surface area contributed by atoms with Gasteiger partial charge in [-0.05, 0) is 37.7 Å². The maximum Gasteiger partial charge on any atom is 0.329 e. The molecule has 1 fully saturated rings. The number of carbonyl (C=O) groups excluding carboxylic acids is 2. The molecule has 1 atom stereocenters. The second-order valence-electron chi connectivity index (χ2n) is 7.98. The van der Waals surface area contributed by atoms with E-state index in [1.165, 1.54) is 17.9 Å². The molecule has 3 rings (SSSR count). The molecule has 0 bridgehead atoms. The lowest BCUT2D eigenvalue weighted by Crippen LogP contribution is -2.51. The van der Waals surface area contributed by atoms with Crippen molar-refractivity contribution in [3.05, 3.63) is 33.2 Å². The van der Waals surface area contributed by atoms with Gasteiger partial charge in [0.05, 0.1) is 0 Å². The van der Waals surface area contributed by atoms with Crippen molar-refractivity contribution in [1.29, 1.82) is 0 Å². The number of amides is 1. The summed E-state index contributed by atoms with van der Waals surface area (Å²) in [5, 5.41) is 9.47. The summed E-state index contributed by atoms with van der Waals surface area (Å²) in [5.41, 5.74) is -1.40. The number of likely N-dealkylation sites (tertiary alicyclic amines) is 1. The first kappa shape index (κ1) is 17.4. The molecule has 0 aromatic carbocycles. The molecular weight excluding hydrogens is 324 g/mol. The number of pyridine rings is 1. The SMILES string of the molecule is CC1(C)CC(=O)c2cc(C(=O)N3CCCC3(C)C(=O)O)c(=O)[nH]c2C1. The summed E-state index contributed by atoms with van der Waals surface area (Å²) in [6, 6.07) is 1.34. The largest absolute Gasteiger partial charge is 0.480 e. The minimum atomic E-state index is -1.33. The molecule has 1 unspecified atom stereocenters. The van der Waals surface area contributed by atoms with Crippen LogP contribution >= 0.6 is 0 Å². The lowest BCUT2D eigenvalue weighted by atomic mass is 9.75. The molecule has 7 heteroatoms. The quantitative estimate of drug-likeness (QED) is 0.846. The maximum atomic E-state index is 12.8. The number of aromatic nitrogens is 1. The van der Waals surface area contributed by atoms with Gasteiger partial charge in [-0.25, -0.2) is 4.79 Å². The molecule has 1 saturated heterocycles. The number of carboxylic acids is 1. The first-order valence-corrected chi connectivity index (χ1v) is 8.40. The molecule has 7 nitrogen and oxygen atoms in total. The Kier molecular flexibility index (Phi) is 3.85. The summed E-state index contributed by atoms with van der Waals surface area (Å²) in [5.74, 6) is -1.84. The average Bonchev–Trinajstić information content (AvgIpc) is 2.88. The fraction of sp³-hybridized carbons (Fsp3) is 0.556. The Labute approximate surface area is 145 Å². The van der Waals surface area contributed by atoms with E-state index in [9.17, 15) is 24.3 Å². The highest BCUT2D eigenvalue weighted by Gasteiger charge is 2.46. The Hall–Kier alpha value is -2.44. The van der Waals surface area contributed by atoms with Crippen LogP contribution < -0.4 is 5.56 Å². The summed E-state index contributed by atoms with van der Waals surface area (Å²) in [6.07, 6.45) is 1.79. The molecule has 2 N–H and O–H groups in total. The number of fused-ring (bicyclic) bond motifs is 1. The van der Waals surface area contributed by atoms with Crippen molar-refractivity contribution in [3.8, 4) is 0 Å². The van der Waals surface area contributed by atoms with Crippen molar-refractivity contribution in [1.82, 2.24) is 9.88 Å². The molecule has 1 aliphatic carbocycles. The highest BCUT2D eigenvalue weighted by molar-refractivity contribution is 6.03. The summed E-state index contributed by atoms with van der Waals surface area (Å²) >= 11 is 0. The summed E-state index contributed by atoms with van der Waals surface area (Å²) < 4.78 is 0. The van der Waals surface area contributed by atoms with E-state index >= 15 is 0 Å². The summed E-state index contributed by atoms with van der Waals surface area (Å²) in [4.78, 5) is 53.1. The number of aromatic amines is 1. The number of nitrogens with one attached hydrogen (secondary N) is 1. The van der Waals surface area contributed by atoms with Gasteiger partial charge in [-0.15, -0.1) is 0 Å². The standard InChI is InChI=1S/C18H22N2O5/c1-17(2)8-12-10(13(21)9-17)7-11(14(22)19-12)15(23)20-6-4-5-18(20,3)16(24)25/h7H,4-6,8-9H2,1-3H3,(H,19,22)(H,24,25). The number of nitrogens with zero attached hydrogens (tertiary/aromatic N) is 1. The zero-order chi connectivity index (χ0) is 18.6. The first-order chi connectivity index (χ1) is 11.5. The average molecular weight is 346 g/mol. The Morgan fingerprint density at radius 1 is 1.20 bits per heavy atom. The van der Waals surface area contributed by atoms with Crippen molar-refractivity contribution in [3.63, 3.8) is 0 Å². The molecule has 0 saturated carbocycles. The molecule has 1 aliphatic heterocycles. The Balaban J connectivity index is 2.03. The molecule has 1 amide bonds. The molecular formula is C18H22N2O5. The van der Waals surface area contributed by atoms with Crippen LogP contribution in [0.4, 0.5) is 0 Å². The van der Waals surface area contributed by atoms with Crippen molar-refractivity contribution >= 4 is 17.7 Å². The van der Waals surface area contributed by atoms with E-state index in [4.69, 9.17) is 0 Å². The van der Waals surface area contributed by atoms with Crippen LogP contribution in [0, 0.1) is 5.41 Å². The van der Waals surface area contributed by atoms with Crippen LogP contribution in [0.15, 0.2) is 10.9 Å². The fourth-order valence-electron chi connectivity index (χ4n) is 3.84. The topological polar surface area (TPSA) is 108 Å². The highest BCUT2D eigenvalue weighted by Crippen LogP contribution is 2.34. The number of Topliss-reactive ketones (excluding diaryl/α,β-unsaturated/α-hetero) is 1. The number of hydrogen-bond acceptors (Lipinski definition) is 4. The minimum Gasteiger partial charge on any atom is -0.480 e. The zero-order valence-electron chi connectivity index (χ0n) is 14.6. The minimum absolute atomic E-state index is 0.112. The van der Waals surface area contributed by atoms with E-state index in [1.807, 2.05) is 13.8 Å². The summed E-state index contributed by atoms with van der Waals surface area (Å²) in [7, 11) is 0. The monoisotopic (exact) mass is 346 g/mol. The molecule has 2 heterocycles. The first-order valence-electron chi connectivity index (χ1n) is 8.40. The predicted molar refractivity (Wildman–Crippen MR) is 89.8 cm³/mol. The maximum absolute atomic E-state index is 12.8. The second kappa shape index (κ2) is 5.54. The van der Waals surface area contributed by atoms with E-state index in [0.717, 1.165) is 0 Å². The van der Waals surface area contributed by atoms with Crippen LogP contribution in [0.25, 0.3) is 0 Å². The normalized spacial score (nSPS) is 24.9. The Morgan fingerprint density at radius 3 is 2.52 bits per heavy atom. The number of ketones is 1. The number of carboxylic acid groups (broad SMARTS) is 1. The number of rotatable bonds is 2. The third kappa shape index (κ3) is 2.77. The van der Waals surface area contributed by atoms with Gasteiger partial charge in [0, 0.05) is 24.2 Å². The number of H-pyrrole nitrogens is 1. The zero-order valence-corrected chi connectivity index (χ0v) is 14.6. The van der Waals surface area contributed by atoms with Crippen molar-refractivity contribution < 1.29 is 19.5 Å². The van der Waals surface area contributed by atoms with E-state index in [-0.39, 0.29) is 23.3 Å². The van der Waals surface area contributed by atoms with Gasteiger partial charge in [-0.1, -0.05) is 13.8 Å². The van der Waals surface area contributed by atoms with Gasteiger partial charge in [-0.2, -0.15) is 0 Å². The third-order valence-corrected chi connectivity index (χ3v) is 5.30. The van der Waals surface area contributed by atoms with Crippen LogP contribution in [0.3, 0.4) is 0 Å². The lowest BCUT2D eigenvalue weighted by molar-refractivity contribution is -0.147. The van der Waals surface area contributed by atoms with Gasteiger partial charge in [0.2, 0.25) is 0 Å². The number of aliphatic carboxylic acids is 1. The highest BCUT2D eigenvalue weighted by atomic mass is 16.4. The number of carbonyl (C=O) groups is 3. The smallest absolute Gasteiger partial charge is 0.329 e. The van der Waals surface area contributed by atoms with Crippen LogP contribution in [-0.2, 0) is 11.2 Å². The predicted octanol–water partition coefficient (Wildman–Crippen LogP) is 1.61. The number of hydrogen-bond donors (Lipinski definition) is 2. The van der Waals surface area contributed by atoms with Crippen molar-refractivity contribution in [2.75, 3.05) is 6.54 Å². The van der Waals surface area contributed by atoms with E-state index in [0.29, 0.717) is 36.9 Å². The summed E-state index contributed by atoms with van der Waals surface area (Å²) in [6.45, 7) is 5.67. The van der Waals surface area contributed by atoms with E-state index in [2.05, 4.69) is 4.98 Å². The van der Waals surface area contributed by atoms with E-state index < -0.39 is 23.0 Å². The van der Waals surface area contributed by atoms with Crippen molar-refractivity contribution in [2.45, 2.75) is 52.0 Å². The van der Waals surface area contributed by atoms with Crippen LogP contribution in [0.1, 0.15) is 66.4 Å². The van der Waals surface area contributed by atoms with Gasteiger partial charge in [0.25, 0.3) is 11.5 Å². The van der Waals surface area contributed by atoms with Gasteiger partial charge >= 0.3 is 5.97 Å². The third-order valence-electron chi connectivity index (χ3n) is 5.30. The molecule has 2 aliphatic rings. The molecule has 0 spiro atoms. The van der Waals surface area contributed by atoms with Gasteiger partial charge in [0.15, 0.2) is 5.78 Å². The Morgan fingerprint density at radius 2 is 1.88 bits per heavy atom. The lowest BCUT2D eigenvalue weighted by Gasteiger charge is -2.32. The molecule has 1 aromatic heterocycles. The second-order valence-corrected chi connectivity index (χ2v) is 7.98. The molecule has 1 aromatic rings.